The van der Waals surface area contributed by atoms with Gasteiger partial charge in [0.1, 0.15) is 6.33 Å². The summed E-state index contributed by atoms with van der Waals surface area (Å²) < 4.78 is 1.60. The molecule has 1 heterocycles. The van der Waals surface area contributed by atoms with Crippen molar-refractivity contribution in [1.82, 2.24) is 9.55 Å². The van der Waals surface area contributed by atoms with Gasteiger partial charge in [-0.15, -0.1) is 0 Å². The third-order valence-corrected chi connectivity index (χ3v) is 3.81. The van der Waals surface area contributed by atoms with Gasteiger partial charge in [0.2, 0.25) is 0 Å². The normalized spacial score (nSPS) is 10.8. The Balaban J connectivity index is 1.95. The highest BCUT2D eigenvalue weighted by Crippen LogP contribution is 2.15. The van der Waals surface area contributed by atoms with Crippen LogP contribution in [0.2, 0.25) is 0 Å². The Morgan fingerprint density at radius 2 is 1.90 bits per heavy atom. The summed E-state index contributed by atoms with van der Waals surface area (Å²) in [5, 5.41) is 0. The average Bonchev–Trinajstić information content (AvgIpc) is 2.92. The molecule has 20 heavy (non-hydrogen) atoms. The van der Waals surface area contributed by atoms with Gasteiger partial charge in [-0.05, 0) is 36.1 Å². The first-order valence-corrected chi connectivity index (χ1v) is 7.73. The fourth-order valence-electron chi connectivity index (χ4n) is 2.17. The highest BCUT2D eigenvalue weighted by Gasteiger charge is 2.11. The van der Waals surface area contributed by atoms with Crippen molar-refractivity contribution in [3.8, 4) is 0 Å². The third-order valence-electron chi connectivity index (χ3n) is 3.18. The monoisotopic (exact) mass is 282 g/mol. The standard InChI is InChI=1S/C16H14N2OS/c1-20-10-12-6-8-13(9-7-12)16(19)18-11-17-14-4-2-3-5-15(14)18/h2-9,11H,10H2,1H3. The fourth-order valence-corrected chi connectivity index (χ4v) is 2.70. The lowest BCUT2D eigenvalue weighted by Crippen LogP contribution is -2.10. The fraction of sp³-hybridized carbons (Fsp3) is 0.125. The summed E-state index contributed by atoms with van der Waals surface area (Å²) in [6.45, 7) is 0. The number of hydrogen-bond donors (Lipinski definition) is 0. The maximum absolute atomic E-state index is 12.5. The highest BCUT2D eigenvalue weighted by molar-refractivity contribution is 7.97. The molecule has 0 saturated carbocycles. The van der Waals surface area contributed by atoms with Crippen LogP contribution in [0.3, 0.4) is 0 Å². The molecule has 0 saturated heterocycles. The molecule has 0 spiro atoms. The Bertz CT molecular complexity index is 747. The van der Waals surface area contributed by atoms with Gasteiger partial charge in [-0.25, -0.2) is 4.98 Å². The number of thioether (sulfide) groups is 1. The summed E-state index contributed by atoms with van der Waals surface area (Å²) in [6.07, 6.45) is 3.65. The smallest absolute Gasteiger partial charge is 0.263 e. The quantitative estimate of drug-likeness (QED) is 0.736. The van der Waals surface area contributed by atoms with Crippen LogP contribution in [0.5, 0.6) is 0 Å². The summed E-state index contributed by atoms with van der Waals surface area (Å²) >= 11 is 1.77. The van der Waals surface area contributed by atoms with Gasteiger partial charge in [0.05, 0.1) is 11.0 Å². The molecule has 0 radical (unpaired) electrons. The minimum atomic E-state index is -0.0469. The topological polar surface area (TPSA) is 34.9 Å². The largest absolute Gasteiger partial charge is 0.268 e. The van der Waals surface area contributed by atoms with Gasteiger partial charge < -0.3 is 0 Å². The first-order chi connectivity index (χ1) is 9.79. The molecule has 0 amide bonds. The predicted molar refractivity (Wildman–Crippen MR) is 83.1 cm³/mol. The van der Waals surface area contributed by atoms with E-state index in [1.54, 1.807) is 22.7 Å². The summed E-state index contributed by atoms with van der Waals surface area (Å²) in [6, 6.07) is 15.4. The van der Waals surface area contributed by atoms with E-state index in [0.29, 0.717) is 5.56 Å². The molecule has 3 aromatic rings. The minimum Gasteiger partial charge on any atom is -0.268 e. The van der Waals surface area contributed by atoms with Crippen molar-refractivity contribution in [2.45, 2.75) is 5.75 Å². The molecule has 0 atom stereocenters. The van der Waals surface area contributed by atoms with Crippen LogP contribution >= 0.6 is 11.8 Å². The van der Waals surface area contributed by atoms with E-state index in [2.05, 4.69) is 11.2 Å². The van der Waals surface area contributed by atoms with Gasteiger partial charge >= 0.3 is 0 Å². The Morgan fingerprint density at radius 1 is 1.15 bits per heavy atom. The average molecular weight is 282 g/mol. The van der Waals surface area contributed by atoms with Crippen LogP contribution in [0, 0.1) is 0 Å². The van der Waals surface area contributed by atoms with Crippen molar-refractivity contribution < 1.29 is 4.79 Å². The maximum atomic E-state index is 12.5. The first kappa shape index (κ1) is 12.9. The SMILES string of the molecule is CSCc1ccc(C(=O)n2cnc3ccccc32)cc1. The van der Waals surface area contributed by atoms with Crippen molar-refractivity contribution in [3.05, 3.63) is 66.0 Å². The number of rotatable bonds is 3. The van der Waals surface area contributed by atoms with Gasteiger partial charge in [0.15, 0.2) is 0 Å². The molecule has 0 aliphatic carbocycles. The van der Waals surface area contributed by atoms with Crippen LogP contribution in [0.25, 0.3) is 11.0 Å². The summed E-state index contributed by atoms with van der Waals surface area (Å²) in [5.74, 6) is 0.914. The molecule has 100 valence electrons. The molecule has 3 rings (SSSR count). The van der Waals surface area contributed by atoms with Gasteiger partial charge in [0, 0.05) is 11.3 Å². The number of aromatic nitrogens is 2. The van der Waals surface area contributed by atoms with Gasteiger partial charge in [-0.3, -0.25) is 9.36 Å². The van der Waals surface area contributed by atoms with Crippen LogP contribution in [0.15, 0.2) is 54.9 Å². The molecule has 0 aliphatic rings. The van der Waals surface area contributed by atoms with E-state index in [9.17, 15) is 4.79 Å². The number of hydrogen-bond acceptors (Lipinski definition) is 3. The van der Waals surface area contributed by atoms with Gasteiger partial charge in [-0.1, -0.05) is 24.3 Å². The molecule has 0 aliphatic heterocycles. The number of imidazole rings is 1. The van der Waals surface area contributed by atoms with E-state index in [1.165, 1.54) is 5.56 Å². The number of para-hydroxylation sites is 2. The molecule has 0 N–H and O–H groups in total. The van der Waals surface area contributed by atoms with E-state index in [-0.39, 0.29) is 5.91 Å². The maximum Gasteiger partial charge on any atom is 0.263 e. The molecule has 1 aromatic heterocycles. The van der Waals surface area contributed by atoms with E-state index in [4.69, 9.17) is 0 Å². The van der Waals surface area contributed by atoms with E-state index in [0.717, 1.165) is 16.8 Å². The zero-order chi connectivity index (χ0) is 13.9. The Morgan fingerprint density at radius 3 is 2.65 bits per heavy atom. The number of nitrogens with zero attached hydrogens (tertiary/aromatic N) is 2. The molecule has 0 unspecified atom stereocenters. The number of carbonyl (C=O) groups excluding carboxylic acids is 1. The zero-order valence-electron chi connectivity index (χ0n) is 11.1. The van der Waals surface area contributed by atoms with Crippen molar-refractivity contribution in [3.63, 3.8) is 0 Å². The number of carbonyl (C=O) groups is 1. The van der Waals surface area contributed by atoms with Crippen molar-refractivity contribution in [1.29, 1.82) is 0 Å². The Kier molecular flexibility index (Phi) is 3.56. The molecule has 0 bridgehead atoms. The molecule has 4 heteroatoms. The lowest BCUT2D eigenvalue weighted by atomic mass is 10.1. The lowest BCUT2D eigenvalue weighted by Gasteiger charge is -2.04. The van der Waals surface area contributed by atoms with Crippen molar-refractivity contribution >= 4 is 28.7 Å². The van der Waals surface area contributed by atoms with Crippen LogP contribution in [0.4, 0.5) is 0 Å². The molecular weight excluding hydrogens is 268 g/mol. The predicted octanol–water partition coefficient (Wildman–Crippen LogP) is 3.59. The third kappa shape index (κ3) is 2.34. The molecule has 0 fully saturated rings. The zero-order valence-corrected chi connectivity index (χ0v) is 11.9. The second kappa shape index (κ2) is 5.51. The van der Waals surface area contributed by atoms with Crippen LogP contribution in [-0.2, 0) is 5.75 Å². The van der Waals surface area contributed by atoms with Crippen LogP contribution < -0.4 is 0 Å². The molecule has 3 nitrogen and oxygen atoms in total. The summed E-state index contributed by atoms with van der Waals surface area (Å²) in [5.41, 5.74) is 3.58. The van der Waals surface area contributed by atoms with Gasteiger partial charge in [-0.2, -0.15) is 11.8 Å². The van der Waals surface area contributed by atoms with Crippen molar-refractivity contribution in [2.24, 2.45) is 0 Å². The molecular formula is C16H14N2OS. The van der Waals surface area contributed by atoms with Crippen molar-refractivity contribution in [2.75, 3.05) is 6.26 Å². The second-order valence-electron chi connectivity index (χ2n) is 4.54. The van der Waals surface area contributed by atoms with Gasteiger partial charge in [0.25, 0.3) is 5.91 Å². The second-order valence-corrected chi connectivity index (χ2v) is 5.40. The Labute approximate surface area is 121 Å². The highest BCUT2D eigenvalue weighted by atomic mass is 32.2. The molecule has 2 aromatic carbocycles. The van der Waals surface area contributed by atoms with E-state index in [1.807, 2.05) is 48.5 Å². The van der Waals surface area contributed by atoms with Crippen LogP contribution in [0.1, 0.15) is 15.9 Å². The number of benzene rings is 2. The summed E-state index contributed by atoms with van der Waals surface area (Å²) in [7, 11) is 0. The lowest BCUT2D eigenvalue weighted by molar-refractivity contribution is 0.0964. The first-order valence-electron chi connectivity index (χ1n) is 6.34. The van der Waals surface area contributed by atoms with Crippen LogP contribution in [-0.4, -0.2) is 21.7 Å². The van der Waals surface area contributed by atoms with E-state index < -0.39 is 0 Å². The summed E-state index contributed by atoms with van der Waals surface area (Å²) in [4.78, 5) is 16.8. The number of fused-ring (bicyclic) bond motifs is 1. The Hall–Kier alpha value is -2.07. The minimum absolute atomic E-state index is 0.0469. The van der Waals surface area contributed by atoms with E-state index >= 15 is 0 Å².